The van der Waals surface area contributed by atoms with Crippen molar-refractivity contribution in [1.82, 2.24) is 14.9 Å². The molecule has 0 aliphatic carbocycles. The van der Waals surface area contributed by atoms with E-state index < -0.39 is 19.9 Å². The molecule has 0 amide bonds. The topological polar surface area (TPSA) is 137 Å². The molecule has 0 radical (unpaired) electrons. The molecule has 0 fully saturated rings. The van der Waals surface area contributed by atoms with Crippen LogP contribution in [0.15, 0.2) is 49.7 Å². The number of sulfone groups is 1. The number of rotatable bonds is 5. The summed E-state index contributed by atoms with van der Waals surface area (Å²) >= 11 is 8.26. The number of thiophene rings is 1. The van der Waals surface area contributed by atoms with Crippen LogP contribution in [0.2, 0.25) is 4.34 Å². The first kappa shape index (κ1) is 21.5. The van der Waals surface area contributed by atoms with Gasteiger partial charge in [-0.05, 0) is 23.8 Å². The smallest absolute Gasteiger partial charge is 0.224 e. The maximum atomic E-state index is 11.9. The molecular formula is C16H14ClN5O4S4. The molecule has 1 aliphatic heterocycles. The first-order chi connectivity index (χ1) is 14.0. The van der Waals surface area contributed by atoms with Gasteiger partial charge in [0, 0.05) is 24.0 Å². The average Bonchev–Trinajstić information content (AvgIpc) is 3.24. The highest BCUT2D eigenvalue weighted by Gasteiger charge is 2.26. The van der Waals surface area contributed by atoms with E-state index in [2.05, 4.69) is 15.3 Å². The van der Waals surface area contributed by atoms with Gasteiger partial charge in [-0.25, -0.2) is 22.0 Å². The Bertz CT molecular complexity index is 1380. The Labute approximate surface area is 185 Å². The highest BCUT2D eigenvalue weighted by atomic mass is 35.5. The van der Waals surface area contributed by atoms with E-state index in [0.717, 1.165) is 23.2 Å². The van der Waals surface area contributed by atoms with Crippen molar-refractivity contribution in [3.63, 3.8) is 0 Å². The minimum atomic E-state index is -3.95. The summed E-state index contributed by atoms with van der Waals surface area (Å²) < 4.78 is 48.8. The van der Waals surface area contributed by atoms with E-state index in [1.807, 2.05) is 0 Å². The van der Waals surface area contributed by atoms with Gasteiger partial charge in [0.25, 0.3) is 0 Å². The van der Waals surface area contributed by atoms with Gasteiger partial charge >= 0.3 is 0 Å². The van der Waals surface area contributed by atoms with Crippen LogP contribution >= 0.6 is 34.7 Å². The van der Waals surface area contributed by atoms with E-state index in [9.17, 15) is 16.8 Å². The third kappa shape index (κ3) is 4.31. The zero-order valence-corrected chi connectivity index (χ0v) is 19.3. The van der Waals surface area contributed by atoms with E-state index in [1.54, 1.807) is 16.8 Å². The Balaban J connectivity index is 1.69. The van der Waals surface area contributed by atoms with Crippen LogP contribution in [0.25, 0.3) is 0 Å². The summed E-state index contributed by atoms with van der Waals surface area (Å²) in [5.74, 6) is 0.914. The number of aromatic nitrogens is 3. The number of nitrogens with two attached hydrogens (primary N) is 1. The summed E-state index contributed by atoms with van der Waals surface area (Å²) in [6, 6.07) is 8.01. The molecule has 0 saturated heterocycles. The molecule has 3 aromatic rings. The van der Waals surface area contributed by atoms with Gasteiger partial charge in [-0.2, -0.15) is 9.78 Å². The number of hydrogen-bond acceptors (Lipinski definition) is 9. The molecular weight excluding hydrogens is 490 g/mol. The SMILES string of the molecule is CS(=O)(=O)c1ccc(Cc2nnc3n2N=C(c2cc(Cl)sc2S(N)(=O)=O)CS3)cc1. The molecule has 1 aromatic carbocycles. The third-order valence-electron chi connectivity index (χ3n) is 4.19. The number of primary sulfonamides is 1. The van der Waals surface area contributed by atoms with E-state index >= 15 is 0 Å². The molecule has 0 atom stereocenters. The van der Waals surface area contributed by atoms with Crippen LogP contribution in [-0.2, 0) is 26.3 Å². The Morgan fingerprint density at radius 1 is 1.17 bits per heavy atom. The van der Waals surface area contributed by atoms with Crippen LogP contribution in [0.4, 0.5) is 0 Å². The fraction of sp³-hybridized carbons (Fsp3) is 0.188. The van der Waals surface area contributed by atoms with Crippen molar-refractivity contribution in [2.24, 2.45) is 10.2 Å². The molecule has 4 rings (SSSR count). The van der Waals surface area contributed by atoms with Crippen molar-refractivity contribution in [2.45, 2.75) is 20.7 Å². The number of thioether (sulfide) groups is 1. The lowest BCUT2D eigenvalue weighted by Crippen LogP contribution is -2.19. The lowest BCUT2D eigenvalue weighted by Gasteiger charge is -2.14. The number of halogens is 1. The molecule has 30 heavy (non-hydrogen) atoms. The number of hydrogen-bond donors (Lipinski definition) is 1. The van der Waals surface area contributed by atoms with Crippen LogP contribution in [0.3, 0.4) is 0 Å². The maximum absolute atomic E-state index is 11.9. The number of fused-ring (bicyclic) bond motifs is 1. The molecule has 0 saturated carbocycles. The van der Waals surface area contributed by atoms with Crippen molar-refractivity contribution in [2.75, 3.05) is 12.0 Å². The second-order valence-corrected chi connectivity index (χ2v) is 12.8. The van der Waals surface area contributed by atoms with Crippen molar-refractivity contribution in [1.29, 1.82) is 0 Å². The highest BCUT2D eigenvalue weighted by molar-refractivity contribution is 8.00. The molecule has 1 aliphatic rings. The summed E-state index contributed by atoms with van der Waals surface area (Å²) in [6.45, 7) is 0. The van der Waals surface area contributed by atoms with Gasteiger partial charge in [0.2, 0.25) is 15.2 Å². The fourth-order valence-electron chi connectivity index (χ4n) is 2.81. The fourth-order valence-corrected chi connectivity index (χ4v) is 6.62. The number of nitrogens with zero attached hydrogens (tertiary/aromatic N) is 4. The molecule has 14 heteroatoms. The lowest BCUT2D eigenvalue weighted by molar-refractivity contribution is 0.598. The van der Waals surface area contributed by atoms with Crippen molar-refractivity contribution in [3.8, 4) is 0 Å². The molecule has 158 valence electrons. The summed E-state index contributed by atoms with van der Waals surface area (Å²) in [5, 5.41) is 18.7. The standard InChI is InChI=1S/C16H14ClN5O4S4/c1-29(23,24)10-4-2-9(3-5-10)6-14-19-20-16-22(14)21-12(8-27-16)11-7-13(17)28-15(11)30(18,25)26/h2-5,7H,6,8H2,1H3,(H2,18,25,26). The minimum absolute atomic E-state index is 0.0405. The second kappa shape index (κ2) is 7.73. The molecule has 0 spiro atoms. The normalized spacial score (nSPS) is 14.4. The Morgan fingerprint density at radius 3 is 2.50 bits per heavy atom. The second-order valence-electron chi connectivity index (χ2n) is 6.44. The van der Waals surface area contributed by atoms with Gasteiger partial charge in [-0.3, -0.25) is 0 Å². The summed E-state index contributed by atoms with van der Waals surface area (Å²) in [4.78, 5) is 0.232. The molecule has 0 bridgehead atoms. The molecule has 2 N–H and O–H groups in total. The van der Waals surface area contributed by atoms with Crippen LogP contribution in [0.1, 0.15) is 17.0 Å². The van der Waals surface area contributed by atoms with Crippen molar-refractivity contribution < 1.29 is 16.8 Å². The molecule has 9 nitrogen and oxygen atoms in total. The van der Waals surface area contributed by atoms with Crippen LogP contribution in [0, 0.1) is 0 Å². The zero-order valence-electron chi connectivity index (χ0n) is 15.3. The van der Waals surface area contributed by atoms with Gasteiger partial charge in [0.15, 0.2) is 15.7 Å². The molecule has 0 unspecified atom stereocenters. The predicted octanol–water partition coefficient (Wildman–Crippen LogP) is 1.99. The third-order valence-corrected chi connectivity index (χ3v) is 8.99. The first-order valence-electron chi connectivity index (χ1n) is 8.29. The quantitative estimate of drug-likeness (QED) is 0.561. The van der Waals surface area contributed by atoms with Crippen molar-refractivity contribution in [3.05, 3.63) is 51.6 Å². The largest absolute Gasteiger partial charge is 0.248 e. The summed E-state index contributed by atoms with van der Waals surface area (Å²) in [5.41, 5.74) is 1.68. The summed E-state index contributed by atoms with van der Waals surface area (Å²) in [6.07, 6.45) is 1.51. The van der Waals surface area contributed by atoms with E-state index in [4.69, 9.17) is 16.7 Å². The van der Waals surface area contributed by atoms with Crippen LogP contribution < -0.4 is 5.14 Å². The Hall–Kier alpha value is -1.77. The molecule has 2 aromatic heterocycles. The molecule has 3 heterocycles. The van der Waals surface area contributed by atoms with Gasteiger partial charge < -0.3 is 0 Å². The van der Waals surface area contributed by atoms with E-state index in [-0.39, 0.29) is 9.10 Å². The van der Waals surface area contributed by atoms with Crippen molar-refractivity contribution >= 4 is 60.3 Å². The number of benzene rings is 1. The summed E-state index contributed by atoms with van der Waals surface area (Å²) in [7, 11) is -7.22. The Morgan fingerprint density at radius 2 is 1.87 bits per heavy atom. The number of sulfonamides is 1. The van der Waals surface area contributed by atoms with Crippen LogP contribution in [-0.4, -0.2) is 49.4 Å². The maximum Gasteiger partial charge on any atom is 0.248 e. The van der Waals surface area contributed by atoms with E-state index in [0.29, 0.717) is 38.8 Å². The Kier molecular flexibility index (Phi) is 5.53. The van der Waals surface area contributed by atoms with Gasteiger partial charge in [0.1, 0.15) is 4.21 Å². The highest BCUT2D eigenvalue weighted by Crippen LogP contribution is 2.33. The van der Waals surface area contributed by atoms with Gasteiger partial charge in [-0.15, -0.1) is 21.5 Å². The van der Waals surface area contributed by atoms with Gasteiger partial charge in [0.05, 0.1) is 14.9 Å². The monoisotopic (exact) mass is 503 g/mol. The van der Waals surface area contributed by atoms with E-state index in [1.165, 1.54) is 30.0 Å². The lowest BCUT2D eigenvalue weighted by atomic mass is 10.1. The minimum Gasteiger partial charge on any atom is -0.224 e. The van der Waals surface area contributed by atoms with Gasteiger partial charge in [-0.1, -0.05) is 35.5 Å². The van der Waals surface area contributed by atoms with Crippen LogP contribution in [0.5, 0.6) is 0 Å². The first-order valence-corrected chi connectivity index (χ1v) is 13.9. The average molecular weight is 504 g/mol. The predicted molar refractivity (Wildman–Crippen MR) is 116 cm³/mol. The zero-order chi connectivity index (χ0) is 21.7.